The van der Waals surface area contributed by atoms with Crippen LogP contribution in [-0.2, 0) is 42.3 Å². The number of H-pyrrole nitrogens is 4. The molecule has 0 aliphatic heterocycles. The molecule has 0 fully saturated rings. The third kappa shape index (κ3) is 6.79. The van der Waals surface area contributed by atoms with E-state index >= 15 is 0 Å². The number of para-hydroxylation sites is 2. The topological polar surface area (TPSA) is 158 Å². The third-order valence-electron chi connectivity index (χ3n) is 5.43. The molecule has 0 aliphatic rings. The van der Waals surface area contributed by atoms with Gasteiger partial charge in [-0.1, -0.05) is 36.4 Å². The Kier molecular flexibility index (Phi) is 9.49. The summed E-state index contributed by atoms with van der Waals surface area (Å²) >= 11 is 19.9. The molecule has 6 rings (SSSR count). The van der Waals surface area contributed by atoms with Crippen LogP contribution in [-0.4, -0.2) is 52.1 Å². The molecule has 6 aromatic rings. The molecular formula is C24H16CuN10O2S4. The van der Waals surface area contributed by atoms with Gasteiger partial charge in [0.1, 0.15) is 0 Å². The average Bonchev–Trinajstić information content (AvgIpc) is 3.45. The van der Waals surface area contributed by atoms with Crippen LogP contribution in [0.2, 0.25) is 0 Å². The van der Waals surface area contributed by atoms with Crippen molar-refractivity contribution < 1.29 is 17.1 Å². The Labute approximate surface area is 261 Å². The summed E-state index contributed by atoms with van der Waals surface area (Å²) in [6, 6.07) is 18.5. The van der Waals surface area contributed by atoms with E-state index in [4.69, 9.17) is 49.7 Å². The Morgan fingerprint density at radius 2 is 1.10 bits per heavy atom. The maximum atomic E-state index is 11.9. The van der Waals surface area contributed by atoms with E-state index in [-0.39, 0.29) is 48.0 Å². The number of aromatic amines is 4. The standard InChI is InChI=1S/2C12H9N5OS2.Cu/c2*18-10-8(5-7-3-1-2-4-9(7)14-10)6-13-17-11(19)15-16-12(17)20;/h2*1-6H,(H,14,18)(H,15,19)(H,16,20);/q;;+2/p-2/b2*13-6+;. The van der Waals surface area contributed by atoms with Crippen LogP contribution in [0.3, 0.4) is 0 Å². The molecule has 0 saturated heterocycles. The van der Waals surface area contributed by atoms with Gasteiger partial charge in [-0.2, -0.15) is 20.4 Å². The minimum Gasteiger partial charge on any atom is -0.738 e. The van der Waals surface area contributed by atoms with Crippen molar-refractivity contribution in [3.8, 4) is 0 Å². The predicted molar refractivity (Wildman–Crippen MR) is 161 cm³/mol. The Morgan fingerprint density at radius 1 is 0.707 bits per heavy atom. The molecule has 0 spiro atoms. The van der Waals surface area contributed by atoms with Gasteiger partial charge in [-0.3, -0.25) is 19.8 Å². The number of pyridine rings is 2. The quantitative estimate of drug-likeness (QED) is 0.0967. The fourth-order valence-electron chi connectivity index (χ4n) is 3.52. The van der Waals surface area contributed by atoms with Gasteiger partial charge in [-0.25, -0.2) is 9.35 Å². The number of rotatable bonds is 4. The molecule has 209 valence electrons. The van der Waals surface area contributed by atoms with Gasteiger partial charge in [-0.15, -0.1) is 0 Å². The maximum absolute atomic E-state index is 11.9. The molecule has 41 heavy (non-hydrogen) atoms. The van der Waals surface area contributed by atoms with Crippen molar-refractivity contribution in [2.75, 3.05) is 0 Å². The second kappa shape index (κ2) is 13.0. The Morgan fingerprint density at radius 3 is 1.46 bits per heavy atom. The van der Waals surface area contributed by atoms with E-state index in [0.717, 1.165) is 21.8 Å². The molecule has 2 aromatic carbocycles. The Balaban J connectivity index is 0.000000184. The number of hydrogen-bond donors (Lipinski definition) is 4. The van der Waals surface area contributed by atoms with E-state index < -0.39 is 0 Å². The van der Waals surface area contributed by atoms with E-state index in [2.05, 4.69) is 40.6 Å². The zero-order valence-corrected chi connectivity index (χ0v) is 24.6. The van der Waals surface area contributed by atoms with Crippen molar-refractivity contribution in [2.24, 2.45) is 10.2 Å². The SMILES string of the molecule is O=c1[nH]c2ccccc2cc1/C=N/n1c([S-])n[nH]c1=S.O=c1[nH]c2ccccc2cc1/C=N/n1c([S-])n[nH]c1=S.[Cu+2]. The smallest absolute Gasteiger partial charge is 0.738 e. The van der Waals surface area contributed by atoms with Gasteiger partial charge >= 0.3 is 17.1 Å². The van der Waals surface area contributed by atoms with Crippen LogP contribution in [0, 0.1) is 9.54 Å². The maximum Gasteiger partial charge on any atom is 2.00 e. The van der Waals surface area contributed by atoms with Crippen molar-refractivity contribution in [3.05, 3.63) is 102 Å². The minimum absolute atomic E-state index is 0. The van der Waals surface area contributed by atoms with E-state index in [1.165, 1.54) is 21.8 Å². The summed E-state index contributed by atoms with van der Waals surface area (Å²) < 4.78 is 3.12. The molecule has 1 radical (unpaired) electrons. The molecule has 0 amide bonds. The van der Waals surface area contributed by atoms with Crippen molar-refractivity contribution in [2.45, 2.75) is 10.3 Å². The normalized spacial score (nSPS) is 11.1. The van der Waals surface area contributed by atoms with Gasteiger partial charge in [0.05, 0.1) is 23.6 Å². The molecule has 4 N–H and O–H groups in total. The molecule has 12 nitrogen and oxygen atoms in total. The van der Waals surface area contributed by atoms with Crippen molar-refractivity contribution in [1.82, 2.24) is 39.7 Å². The Bertz CT molecular complexity index is 2000. The van der Waals surface area contributed by atoms with Gasteiger partial charge in [-0.05, 0) is 59.5 Å². The van der Waals surface area contributed by atoms with Crippen molar-refractivity contribution >= 4 is 83.9 Å². The molecule has 17 heteroatoms. The summed E-state index contributed by atoms with van der Waals surface area (Å²) in [4.78, 5) is 29.4. The largest absolute Gasteiger partial charge is 2.00 e. The number of hydrogen-bond acceptors (Lipinski definition) is 10. The first-order chi connectivity index (χ1) is 19.3. The van der Waals surface area contributed by atoms with Crippen molar-refractivity contribution in [1.29, 1.82) is 0 Å². The van der Waals surface area contributed by atoms with Crippen LogP contribution in [0.5, 0.6) is 0 Å². The van der Waals surface area contributed by atoms with E-state index in [0.29, 0.717) is 11.1 Å². The number of fused-ring (bicyclic) bond motifs is 2. The Hall–Kier alpha value is -4.12. The molecule has 0 atom stereocenters. The summed E-state index contributed by atoms with van der Waals surface area (Å²) in [6.45, 7) is 0. The zero-order valence-electron chi connectivity index (χ0n) is 20.4. The number of benzene rings is 2. The molecule has 0 aliphatic carbocycles. The summed E-state index contributed by atoms with van der Waals surface area (Å²) in [5.74, 6) is 0. The van der Waals surface area contributed by atoms with E-state index in [1.54, 1.807) is 12.1 Å². The average molecular weight is 668 g/mol. The third-order valence-corrected chi connectivity index (χ3v) is 6.49. The van der Waals surface area contributed by atoms with Crippen molar-refractivity contribution in [3.63, 3.8) is 0 Å². The first kappa shape index (κ1) is 29.9. The van der Waals surface area contributed by atoms with Gasteiger partial charge in [0.2, 0.25) is 9.54 Å². The number of nitrogens with one attached hydrogen (secondary N) is 4. The van der Waals surface area contributed by atoms with Crippen LogP contribution in [0.1, 0.15) is 11.1 Å². The predicted octanol–water partition coefficient (Wildman–Crippen LogP) is 3.14. The van der Waals surface area contributed by atoms with E-state index in [9.17, 15) is 9.59 Å². The van der Waals surface area contributed by atoms with E-state index in [1.807, 2.05) is 48.5 Å². The van der Waals surface area contributed by atoms with Crippen LogP contribution in [0.4, 0.5) is 0 Å². The van der Waals surface area contributed by atoms with Gasteiger partial charge in [0, 0.05) is 21.3 Å². The fourth-order valence-corrected chi connectivity index (χ4v) is 4.36. The molecule has 0 unspecified atom stereocenters. The molecule has 4 aromatic heterocycles. The summed E-state index contributed by atoms with van der Waals surface area (Å²) in [7, 11) is 0. The molecular weight excluding hydrogens is 652 g/mol. The van der Waals surface area contributed by atoms with Gasteiger partial charge in [0.25, 0.3) is 11.1 Å². The van der Waals surface area contributed by atoms with Gasteiger partial charge < -0.3 is 35.2 Å². The first-order valence-electron chi connectivity index (χ1n) is 11.3. The summed E-state index contributed by atoms with van der Waals surface area (Å²) in [5.41, 5.74) is 1.93. The first-order valence-corrected chi connectivity index (χ1v) is 12.9. The number of aromatic nitrogens is 8. The zero-order chi connectivity index (χ0) is 28.2. The second-order valence-corrected chi connectivity index (χ2v) is 9.52. The fraction of sp³-hybridized carbons (Fsp3) is 0. The second-order valence-electron chi connectivity index (χ2n) is 8.02. The summed E-state index contributed by atoms with van der Waals surface area (Å²) in [6.07, 6.45) is 2.82. The van der Waals surface area contributed by atoms with Crippen LogP contribution in [0.25, 0.3) is 21.8 Å². The van der Waals surface area contributed by atoms with Gasteiger partial charge in [0.15, 0.2) is 0 Å². The molecule has 0 saturated carbocycles. The number of nitrogens with zero attached hydrogens (tertiary/aromatic N) is 6. The minimum atomic E-state index is -0.228. The molecule has 0 bridgehead atoms. The van der Waals surface area contributed by atoms with Crippen LogP contribution >= 0.6 is 24.4 Å². The molecule has 4 heterocycles. The van der Waals surface area contributed by atoms with Crippen LogP contribution < -0.4 is 11.1 Å². The van der Waals surface area contributed by atoms with Crippen LogP contribution in [0.15, 0.2) is 90.8 Å². The monoisotopic (exact) mass is 667 g/mol. The summed E-state index contributed by atoms with van der Waals surface area (Å²) in [5, 5.41) is 23.0.